The summed E-state index contributed by atoms with van der Waals surface area (Å²) >= 11 is 7.62. The van der Waals surface area contributed by atoms with E-state index in [2.05, 4.69) is 20.4 Å². The molecular weight excluding hydrogens is 382 g/mol. The minimum Gasteiger partial charge on any atom is -0.322 e. The van der Waals surface area contributed by atoms with Crippen LogP contribution in [0.25, 0.3) is 5.78 Å². The summed E-state index contributed by atoms with van der Waals surface area (Å²) in [5.74, 6) is 0.330. The second-order valence-corrected chi connectivity index (χ2v) is 7.27. The molecule has 0 saturated carbocycles. The van der Waals surface area contributed by atoms with Gasteiger partial charge in [0.15, 0.2) is 0 Å². The third-order valence-corrected chi connectivity index (χ3v) is 5.14. The Labute approximate surface area is 164 Å². The molecule has 4 rings (SSSR count). The van der Waals surface area contributed by atoms with E-state index in [-0.39, 0.29) is 5.91 Å². The summed E-state index contributed by atoms with van der Waals surface area (Å²) in [4.78, 5) is 21.8. The highest BCUT2D eigenvalue weighted by Crippen LogP contribution is 2.29. The number of hydrogen-bond donors (Lipinski definition) is 1. The zero-order valence-corrected chi connectivity index (χ0v) is 15.8. The topological polar surface area (TPSA) is 72.2 Å². The average molecular weight is 396 g/mol. The van der Waals surface area contributed by atoms with Crippen LogP contribution in [0.4, 0.5) is 5.69 Å². The highest BCUT2D eigenvalue weighted by atomic mass is 35.5. The van der Waals surface area contributed by atoms with Crippen LogP contribution in [0, 0.1) is 6.92 Å². The highest BCUT2D eigenvalue weighted by molar-refractivity contribution is 7.99. The van der Waals surface area contributed by atoms with Gasteiger partial charge in [-0.3, -0.25) is 4.79 Å². The van der Waals surface area contributed by atoms with E-state index in [4.69, 9.17) is 11.6 Å². The third-order valence-electron chi connectivity index (χ3n) is 3.80. The van der Waals surface area contributed by atoms with E-state index in [0.717, 1.165) is 15.6 Å². The van der Waals surface area contributed by atoms with Crippen molar-refractivity contribution in [2.75, 3.05) is 5.32 Å². The fraction of sp³-hybridized carbons (Fsp3) is 0.0526. The minimum atomic E-state index is -0.241. The number of rotatable bonds is 4. The van der Waals surface area contributed by atoms with Crippen molar-refractivity contribution in [3.8, 4) is 0 Å². The Morgan fingerprint density at radius 3 is 2.70 bits per heavy atom. The van der Waals surface area contributed by atoms with Crippen LogP contribution >= 0.6 is 23.4 Å². The van der Waals surface area contributed by atoms with E-state index in [1.165, 1.54) is 6.33 Å². The first-order chi connectivity index (χ1) is 13.1. The molecule has 0 radical (unpaired) electrons. The van der Waals surface area contributed by atoms with Crippen LogP contribution in [0.2, 0.25) is 5.02 Å². The zero-order valence-electron chi connectivity index (χ0n) is 14.3. The van der Waals surface area contributed by atoms with Crippen molar-refractivity contribution in [1.29, 1.82) is 0 Å². The first-order valence-corrected chi connectivity index (χ1v) is 9.31. The van der Waals surface area contributed by atoms with Gasteiger partial charge in [-0.25, -0.2) is 4.98 Å². The Bertz CT molecular complexity index is 1130. The average Bonchev–Trinajstić information content (AvgIpc) is 3.12. The summed E-state index contributed by atoms with van der Waals surface area (Å²) in [5.41, 5.74) is 2.01. The molecule has 0 aliphatic carbocycles. The molecule has 27 heavy (non-hydrogen) atoms. The van der Waals surface area contributed by atoms with Crippen LogP contribution in [0.5, 0.6) is 0 Å². The van der Waals surface area contributed by atoms with Crippen LogP contribution in [0.3, 0.4) is 0 Å². The number of carbonyl (C=O) groups excluding carboxylic acids is 1. The Morgan fingerprint density at radius 1 is 1.15 bits per heavy atom. The molecule has 6 nitrogen and oxygen atoms in total. The number of fused-ring (bicyclic) bond motifs is 1. The van der Waals surface area contributed by atoms with Crippen LogP contribution in [0.1, 0.15) is 16.1 Å². The number of anilines is 1. The molecule has 0 fully saturated rings. The fourth-order valence-electron chi connectivity index (χ4n) is 2.54. The standard InChI is InChI=1S/C19H14ClN5OS/c1-12-10-17(25-19(23-12)21-11-22-25)27-14-8-6-13(7-9-14)24-18(26)15-4-2-3-5-16(15)20/h2-11H,1H3,(H,24,26). The molecule has 134 valence electrons. The number of nitrogens with one attached hydrogen (secondary N) is 1. The molecule has 0 aliphatic heterocycles. The Kier molecular flexibility index (Phi) is 4.79. The maximum absolute atomic E-state index is 12.3. The van der Waals surface area contributed by atoms with Gasteiger partial charge in [-0.2, -0.15) is 14.6 Å². The van der Waals surface area contributed by atoms with Crippen molar-refractivity contribution in [3.05, 3.63) is 77.2 Å². The van der Waals surface area contributed by atoms with Gasteiger partial charge >= 0.3 is 0 Å². The SMILES string of the molecule is Cc1cc(Sc2ccc(NC(=O)c3ccccc3Cl)cc2)n2ncnc2n1. The molecule has 0 saturated heterocycles. The summed E-state index contributed by atoms with van der Waals surface area (Å²) in [5, 5.41) is 8.40. The van der Waals surface area contributed by atoms with Crippen molar-refractivity contribution >= 4 is 40.7 Å². The van der Waals surface area contributed by atoms with E-state index >= 15 is 0 Å². The van der Waals surface area contributed by atoms with Crippen molar-refractivity contribution in [3.63, 3.8) is 0 Å². The second-order valence-electron chi connectivity index (χ2n) is 5.77. The van der Waals surface area contributed by atoms with E-state index < -0.39 is 0 Å². The van der Waals surface area contributed by atoms with Gasteiger partial charge in [-0.15, -0.1) is 0 Å². The third kappa shape index (κ3) is 3.79. The van der Waals surface area contributed by atoms with Crippen molar-refractivity contribution in [1.82, 2.24) is 19.6 Å². The van der Waals surface area contributed by atoms with Gasteiger partial charge in [0, 0.05) is 16.3 Å². The number of aryl methyl sites for hydroxylation is 1. The lowest BCUT2D eigenvalue weighted by Crippen LogP contribution is -2.12. The zero-order chi connectivity index (χ0) is 18.8. The van der Waals surface area contributed by atoms with E-state index in [0.29, 0.717) is 22.1 Å². The summed E-state index contributed by atoms with van der Waals surface area (Å²) in [7, 11) is 0. The van der Waals surface area contributed by atoms with Crippen molar-refractivity contribution in [2.24, 2.45) is 0 Å². The number of amides is 1. The number of halogens is 1. The highest BCUT2D eigenvalue weighted by Gasteiger charge is 2.11. The van der Waals surface area contributed by atoms with Crippen LogP contribution in [0.15, 0.2) is 70.8 Å². The van der Waals surface area contributed by atoms with Gasteiger partial charge in [0.25, 0.3) is 11.7 Å². The summed E-state index contributed by atoms with van der Waals surface area (Å²) in [6.07, 6.45) is 1.49. The number of nitrogens with zero attached hydrogens (tertiary/aromatic N) is 4. The number of benzene rings is 2. The fourth-order valence-corrected chi connectivity index (χ4v) is 3.72. The van der Waals surface area contributed by atoms with Crippen LogP contribution in [-0.2, 0) is 0 Å². The molecule has 1 N–H and O–H groups in total. The smallest absolute Gasteiger partial charge is 0.257 e. The lowest BCUT2D eigenvalue weighted by molar-refractivity contribution is 0.102. The van der Waals surface area contributed by atoms with E-state index in [1.54, 1.807) is 40.5 Å². The summed E-state index contributed by atoms with van der Waals surface area (Å²) < 4.78 is 1.70. The monoisotopic (exact) mass is 395 g/mol. The van der Waals surface area contributed by atoms with Crippen LogP contribution < -0.4 is 5.32 Å². The quantitative estimate of drug-likeness (QED) is 0.515. The summed E-state index contributed by atoms with van der Waals surface area (Å²) in [6.45, 7) is 1.92. The van der Waals surface area contributed by atoms with Crippen molar-refractivity contribution < 1.29 is 4.79 Å². The van der Waals surface area contributed by atoms with Gasteiger partial charge in [-0.05, 0) is 49.4 Å². The Morgan fingerprint density at radius 2 is 1.93 bits per heavy atom. The molecule has 0 atom stereocenters. The maximum atomic E-state index is 12.3. The first kappa shape index (κ1) is 17.5. The van der Waals surface area contributed by atoms with Gasteiger partial charge in [0.2, 0.25) is 0 Å². The molecule has 0 aliphatic rings. The second kappa shape index (κ2) is 7.38. The molecule has 1 amide bonds. The van der Waals surface area contributed by atoms with Gasteiger partial charge in [0.1, 0.15) is 11.4 Å². The van der Waals surface area contributed by atoms with Crippen LogP contribution in [-0.4, -0.2) is 25.5 Å². The maximum Gasteiger partial charge on any atom is 0.257 e. The van der Waals surface area contributed by atoms with Gasteiger partial charge in [0.05, 0.1) is 10.6 Å². The lowest BCUT2D eigenvalue weighted by atomic mass is 10.2. The summed E-state index contributed by atoms with van der Waals surface area (Å²) in [6, 6.07) is 16.5. The van der Waals surface area contributed by atoms with Gasteiger partial charge < -0.3 is 5.32 Å². The van der Waals surface area contributed by atoms with E-state index in [1.807, 2.05) is 37.3 Å². The van der Waals surface area contributed by atoms with E-state index in [9.17, 15) is 4.79 Å². The first-order valence-electron chi connectivity index (χ1n) is 8.11. The molecule has 4 aromatic rings. The molecule has 0 bridgehead atoms. The predicted molar refractivity (Wildman–Crippen MR) is 105 cm³/mol. The van der Waals surface area contributed by atoms with Gasteiger partial charge in [-0.1, -0.05) is 35.5 Å². The molecule has 0 spiro atoms. The number of hydrogen-bond acceptors (Lipinski definition) is 5. The number of carbonyl (C=O) groups is 1. The molecular formula is C19H14ClN5OS. The molecule has 2 heterocycles. The largest absolute Gasteiger partial charge is 0.322 e. The Balaban J connectivity index is 1.51. The molecule has 2 aromatic heterocycles. The number of aromatic nitrogens is 4. The lowest BCUT2D eigenvalue weighted by Gasteiger charge is -2.08. The molecule has 2 aromatic carbocycles. The predicted octanol–water partition coefficient (Wildman–Crippen LogP) is 4.49. The normalized spacial score (nSPS) is 10.9. The molecule has 0 unspecified atom stereocenters. The molecule has 8 heteroatoms. The Hall–Kier alpha value is -2.90. The minimum absolute atomic E-state index is 0.241. The van der Waals surface area contributed by atoms with Crippen molar-refractivity contribution in [2.45, 2.75) is 16.8 Å².